The second-order valence-electron chi connectivity index (χ2n) is 5.40. The molecule has 2 unspecified atom stereocenters. The lowest BCUT2D eigenvalue weighted by Crippen LogP contribution is -2.42. The van der Waals surface area contributed by atoms with Gasteiger partial charge in [0.05, 0.1) is 22.4 Å². The van der Waals surface area contributed by atoms with E-state index in [2.05, 4.69) is 10.3 Å². The molecule has 6 nitrogen and oxygen atoms in total. The molecule has 0 aliphatic carbocycles. The van der Waals surface area contributed by atoms with E-state index in [1.807, 2.05) is 6.07 Å². The number of hydrogen-bond donors (Lipinski definition) is 1. The molecular weight excluding hydrogens is 356 g/mol. The van der Waals surface area contributed by atoms with Crippen molar-refractivity contribution >= 4 is 31.0 Å². The molecule has 124 valence electrons. The second-order valence-corrected chi connectivity index (χ2v) is 10.9. The minimum Gasteiger partial charge on any atom is -0.306 e. The normalized spacial score (nSPS) is 23.8. The van der Waals surface area contributed by atoms with Crippen LogP contribution in [0.4, 0.5) is 0 Å². The highest BCUT2D eigenvalue weighted by Crippen LogP contribution is 2.28. The van der Waals surface area contributed by atoms with Gasteiger partial charge in [0.1, 0.15) is 4.21 Å². The molecule has 9 heteroatoms. The molecule has 3 rings (SSSR count). The number of rotatable bonds is 5. The molecule has 1 aliphatic heterocycles. The summed E-state index contributed by atoms with van der Waals surface area (Å²) in [4.78, 5) is 4.15. The molecule has 23 heavy (non-hydrogen) atoms. The third kappa shape index (κ3) is 3.63. The van der Waals surface area contributed by atoms with Gasteiger partial charge in [0.25, 0.3) is 0 Å². The number of aromatic nitrogens is 1. The van der Waals surface area contributed by atoms with Gasteiger partial charge in [-0.15, -0.1) is 11.3 Å². The van der Waals surface area contributed by atoms with Crippen molar-refractivity contribution in [3.05, 3.63) is 47.6 Å². The monoisotopic (exact) mass is 372 g/mol. The molecule has 0 saturated carbocycles. The van der Waals surface area contributed by atoms with Gasteiger partial charge in [0.15, 0.2) is 19.7 Å². The Hall–Kier alpha value is -1.29. The van der Waals surface area contributed by atoms with Crippen molar-refractivity contribution in [2.24, 2.45) is 0 Å². The number of sulfone groups is 2. The van der Waals surface area contributed by atoms with E-state index in [4.69, 9.17) is 0 Å². The fourth-order valence-electron chi connectivity index (χ4n) is 2.62. The van der Waals surface area contributed by atoms with Crippen LogP contribution in [0.15, 0.2) is 46.1 Å². The average Bonchev–Trinajstić information content (AvgIpc) is 3.14. The molecule has 2 atom stereocenters. The first-order valence-electron chi connectivity index (χ1n) is 7.00. The van der Waals surface area contributed by atoms with Crippen molar-refractivity contribution < 1.29 is 16.8 Å². The second kappa shape index (κ2) is 6.31. The predicted molar refractivity (Wildman–Crippen MR) is 88.8 cm³/mol. The SMILES string of the molecule is O=S1(=O)CC(NCc2ccccn2)C(S(=O)(=O)c2cccs2)C1. The molecule has 0 amide bonds. The van der Waals surface area contributed by atoms with Gasteiger partial charge in [0, 0.05) is 18.8 Å². The van der Waals surface area contributed by atoms with Crippen molar-refractivity contribution in [1.82, 2.24) is 10.3 Å². The topological polar surface area (TPSA) is 93.2 Å². The fraction of sp³-hybridized carbons (Fsp3) is 0.357. The average molecular weight is 372 g/mol. The minimum atomic E-state index is -3.66. The number of thiophene rings is 1. The summed E-state index contributed by atoms with van der Waals surface area (Å²) in [6, 6.07) is 7.95. The van der Waals surface area contributed by atoms with E-state index in [0.29, 0.717) is 6.54 Å². The lowest BCUT2D eigenvalue weighted by atomic mass is 10.2. The van der Waals surface area contributed by atoms with Crippen LogP contribution in [0.25, 0.3) is 0 Å². The zero-order chi connectivity index (χ0) is 16.5. The van der Waals surface area contributed by atoms with E-state index in [1.165, 1.54) is 6.07 Å². The quantitative estimate of drug-likeness (QED) is 0.837. The molecule has 0 bridgehead atoms. The first-order valence-corrected chi connectivity index (χ1v) is 11.2. The standard InChI is InChI=1S/C14H16N2O4S3/c17-22(18)9-12(16-8-11-4-1-2-6-15-11)13(10-22)23(19,20)14-5-3-7-21-14/h1-7,12-13,16H,8-10H2. The molecule has 1 fully saturated rings. The highest BCUT2D eigenvalue weighted by atomic mass is 32.2. The Morgan fingerprint density at radius 3 is 2.70 bits per heavy atom. The Morgan fingerprint density at radius 2 is 2.04 bits per heavy atom. The van der Waals surface area contributed by atoms with Gasteiger partial charge in [-0.2, -0.15) is 0 Å². The van der Waals surface area contributed by atoms with Gasteiger partial charge in [-0.1, -0.05) is 12.1 Å². The summed E-state index contributed by atoms with van der Waals surface area (Å²) in [6.45, 7) is 0.331. The fourth-order valence-corrected chi connectivity index (χ4v) is 8.57. The van der Waals surface area contributed by atoms with E-state index >= 15 is 0 Å². The van der Waals surface area contributed by atoms with Gasteiger partial charge < -0.3 is 5.32 Å². The van der Waals surface area contributed by atoms with Gasteiger partial charge in [0.2, 0.25) is 0 Å². The van der Waals surface area contributed by atoms with Gasteiger partial charge in [-0.05, 0) is 23.6 Å². The summed E-state index contributed by atoms with van der Waals surface area (Å²) >= 11 is 1.11. The maximum atomic E-state index is 12.7. The number of nitrogens with one attached hydrogen (secondary N) is 1. The van der Waals surface area contributed by atoms with Crippen LogP contribution in [0.3, 0.4) is 0 Å². The van der Waals surface area contributed by atoms with Crippen LogP contribution >= 0.6 is 11.3 Å². The molecule has 2 aromatic heterocycles. The lowest BCUT2D eigenvalue weighted by Gasteiger charge is -2.19. The summed E-state index contributed by atoms with van der Waals surface area (Å²) in [6.07, 6.45) is 1.64. The Morgan fingerprint density at radius 1 is 1.22 bits per heavy atom. The minimum absolute atomic E-state index is 0.172. The highest BCUT2D eigenvalue weighted by molar-refractivity contribution is 7.97. The predicted octanol–water partition coefficient (Wildman–Crippen LogP) is 0.872. The highest BCUT2D eigenvalue weighted by Gasteiger charge is 2.45. The van der Waals surface area contributed by atoms with Crippen LogP contribution in [-0.4, -0.2) is 44.6 Å². The molecular formula is C14H16N2O4S3. The zero-order valence-corrected chi connectivity index (χ0v) is 14.6. The van der Waals surface area contributed by atoms with Gasteiger partial charge in [-0.25, -0.2) is 16.8 Å². The van der Waals surface area contributed by atoms with Crippen molar-refractivity contribution in [1.29, 1.82) is 0 Å². The van der Waals surface area contributed by atoms with Crippen LogP contribution in [0.5, 0.6) is 0 Å². The Bertz CT molecular complexity index is 862. The molecule has 3 heterocycles. The summed E-state index contributed by atoms with van der Waals surface area (Å²) in [5.41, 5.74) is 0.740. The zero-order valence-electron chi connectivity index (χ0n) is 12.1. The van der Waals surface area contributed by atoms with Gasteiger partial charge >= 0.3 is 0 Å². The smallest absolute Gasteiger partial charge is 0.193 e. The largest absolute Gasteiger partial charge is 0.306 e. The Balaban J connectivity index is 1.83. The molecule has 0 aromatic carbocycles. The molecule has 1 aliphatic rings. The van der Waals surface area contributed by atoms with Crippen LogP contribution in [-0.2, 0) is 26.2 Å². The summed E-state index contributed by atoms with van der Waals surface area (Å²) < 4.78 is 49.5. The lowest BCUT2D eigenvalue weighted by molar-refractivity contribution is 0.524. The summed E-state index contributed by atoms with van der Waals surface area (Å²) in [5.74, 6) is -0.512. The van der Waals surface area contributed by atoms with Gasteiger partial charge in [-0.3, -0.25) is 4.98 Å². The molecule has 0 radical (unpaired) electrons. The molecule has 0 spiro atoms. The Labute approximate surface area is 139 Å². The van der Waals surface area contributed by atoms with Crippen molar-refractivity contribution in [2.75, 3.05) is 11.5 Å². The molecule has 1 N–H and O–H groups in total. The first-order chi connectivity index (χ1) is 10.9. The van der Waals surface area contributed by atoms with Crippen molar-refractivity contribution in [3.8, 4) is 0 Å². The molecule has 2 aromatic rings. The first kappa shape index (κ1) is 16.6. The Kier molecular flexibility index (Phi) is 4.54. The van der Waals surface area contributed by atoms with E-state index in [1.54, 1.807) is 29.8 Å². The third-order valence-corrected chi connectivity index (χ3v) is 9.33. The van der Waals surface area contributed by atoms with E-state index in [0.717, 1.165) is 17.0 Å². The van der Waals surface area contributed by atoms with Crippen LogP contribution in [0, 0.1) is 0 Å². The van der Waals surface area contributed by atoms with E-state index in [9.17, 15) is 16.8 Å². The van der Waals surface area contributed by atoms with Crippen molar-refractivity contribution in [3.63, 3.8) is 0 Å². The maximum Gasteiger partial charge on any atom is 0.193 e. The maximum absolute atomic E-state index is 12.7. The van der Waals surface area contributed by atoms with E-state index < -0.39 is 31.0 Å². The van der Waals surface area contributed by atoms with Crippen LogP contribution < -0.4 is 5.32 Å². The summed E-state index contributed by atoms with van der Waals surface area (Å²) in [7, 11) is -7.04. The molecule has 1 saturated heterocycles. The summed E-state index contributed by atoms with van der Waals surface area (Å²) in [5, 5.41) is 3.77. The van der Waals surface area contributed by atoms with Crippen LogP contribution in [0.1, 0.15) is 5.69 Å². The number of hydrogen-bond acceptors (Lipinski definition) is 7. The number of nitrogens with zero attached hydrogens (tertiary/aromatic N) is 1. The van der Waals surface area contributed by atoms with Crippen LogP contribution in [0.2, 0.25) is 0 Å². The number of pyridine rings is 1. The third-order valence-electron chi connectivity index (χ3n) is 3.75. The van der Waals surface area contributed by atoms with Crippen molar-refractivity contribution in [2.45, 2.75) is 22.0 Å². The van der Waals surface area contributed by atoms with E-state index in [-0.39, 0.29) is 15.7 Å².